The summed E-state index contributed by atoms with van der Waals surface area (Å²) in [7, 11) is 0. The van der Waals surface area contributed by atoms with Crippen LogP contribution in [0.25, 0.3) is 0 Å². The predicted molar refractivity (Wildman–Crippen MR) is 90.6 cm³/mol. The summed E-state index contributed by atoms with van der Waals surface area (Å²) in [6.07, 6.45) is 0.553. The maximum absolute atomic E-state index is 12.2. The van der Waals surface area contributed by atoms with Crippen LogP contribution in [0.5, 0.6) is 0 Å². The molecule has 1 saturated heterocycles. The topological polar surface area (TPSA) is 66.5 Å². The van der Waals surface area contributed by atoms with Gasteiger partial charge in [0.1, 0.15) is 0 Å². The first-order chi connectivity index (χ1) is 11.5. The summed E-state index contributed by atoms with van der Waals surface area (Å²) >= 11 is 5.89. The van der Waals surface area contributed by atoms with Crippen LogP contribution < -0.4 is 5.32 Å². The standard InChI is InChI=1S/C18H15ClN2O3/c19-14-2-1-3-15(10-14)20-18(24)13-6-4-12(5-7-13)11-21-16(22)8-9-17(21)23/h1-7,10H,8-9,11H2,(H,20,24). The highest BCUT2D eigenvalue weighted by Crippen LogP contribution is 2.18. The van der Waals surface area contributed by atoms with E-state index >= 15 is 0 Å². The molecule has 1 heterocycles. The molecule has 0 atom stereocenters. The average Bonchev–Trinajstić information content (AvgIpc) is 2.87. The second kappa shape index (κ2) is 6.84. The first kappa shape index (κ1) is 16.2. The van der Waals surface area contributed by atoms with Crippen LogP contribution in [0.1, 0.15) is 28.8 Å². The predicted octanol–water partition coefficient (Wildman–Crippen LogP) is 3.24. The van der Waals surface area contributed by atoms with Gasteiger partial charge in [-0.1, -0.05) is 29.8 Å². The number of anilines is 1. The summed E-state index contributed by atoms with van der Waals surface area (Å²) in [5.41, 5.74) is 1.90. The van der Waals surface area contributed by atoms with E-state index in [0.29, 0.717) is 16.3 Å². The molecular weight excluding hydrogens is 328 g/mol. The van der Waals surface area contributed by atoms with Crippen molar-refractivity contribution in [1.29, 1.82) is 0 Å². The second-order valence-corrected chi connectivity index (χ2v) is 5.97. The molecular formula is C18H15ClN2O3. The first-order valence-corrected chi connectivity index (χ1v) is 7.90. The van der Waals surface area contributed by atoms with Gasteiger partial charge in [0.2, 0.25) is 11.8 Å². The van der Waals surface area contributed by atoms with E-state index in [1.807, 2.05) is 0 Å². The Hall–Kier alpha value is -2.66. The number of carbonyl (C=O) groups is 3. The van der Waals surface area contributed by atoms with E-state index in [4.69, 9.17) is 11.6 Å². The fraction of sp³-hybridized carbons (Fsp3) is 0.167. The molecule has 0 aromatic heterocycles. The van der Waals surface area contributed by atoms with Crippen molar-refractivity contribution in [1.82, 2.24) is 4.90 Å². The Morgan fingerprint density at radius 3 is 2.33 bits per heavy atom. The molecule has 0 radical (unpaired) electrons. The van der Waals surface area contributed by atoms with Gasteiger partial charge in [-0.2, -0.15) is 0 Å². The van der Waals surface area contributed by atoms with Crippen LogP contribution in [0.2, 0.25) is 5.02 Å². The maximum atomic E-state index is 12.2. The van der Waals surface area contributed by atoms with Crippen LogP contribution in [0.3, 0.4) is 0 Å². The van der Waals surface area contributed by atoms with Crippen molar-refractivity contribution in [2.75, 3.05) is 5.32 Å². The largest absolute Gasteiger partial charge is 0.322 e. The second-order valence-electron chi connectivity index (χ2n) is 5.54. The molecule has 0 saturated carbocycles. The van der Waals surface area contributed by atoms with Crippen molar-refractivity contribution in [3.8, 4) is 0 Å². The lowest BCUT2D eigenvalue weighted by molar-refractivity contribution is -0.139. The number of nitrogens with one attached hydrogen (secondary N) is 1. The number of likely N-dealkylation sites (tertiary alicyclic amines) is 1. The van der Waals surface area contributed by atoms with Crippen LogP contribution in [0, 0.1) is 0 Å². The summed E-state index contributed by atoms with van der Waals surface area (Å²) in [5, 5.41) is 3.31. The number of imide groups is 1. The molecule has 1 aliphatic rings. The zero-order valence-electron chi connectivity index (χ0n) is 12.8. The number of rotatable bonds is 4. The van der Waals surface area contributed by atoms with Gasteiger partial charge in [-0.15, -0.1) is 0 Å². The number of benzene rings is 2. The summed E-state index contributed by atoms with van der Waals surface area (Å²) in [6.45, 7) is 0.244. The van der Waals surface area contributed by atoms with Crippen LogP contribution >= 0.6 is 11.6 Å². The number of nitrogens with zero attached hydrogens (tertiary/aromatic N) is 1. The highest BCUT2D eigenvalue weighted by Gasteiger charge is 2.28. The lowest BCUT2D eigenvalue weighted by Gasteiger charge is -2.14. The molecule has 2 aromatic rings. The zero-order chi connectivity index (χ0) is 17.1. The van der Waals surface area contributed by atoms with Gasteiger partial charge in [0, 0.05) is 29.1 Å². The third kappa shape index (κ3) is 3.63. The molecule has 6 heteroatoms. The monoisotopic (exact) mass is 342 g/mol. The molecule has 0 bridgehead atoms. The van der Waals surface area contributed by atoms with Crippen molar-refractivity contribution < 1.29 is 14.4 Å². The molecule has 3 amide bonds. The molecule has 24 heavy (non-hydrogen) atoms. The molecule has 5 nitrogen and oxygen atoms in total. The summed E-state index contributed by atoms with van der Waals surface area (Å²) in [5.74, 6) is -0.553. The minimum atomic E-state index is -0.253. The lowest BCUT2D eigenvalue weighted by Crippen LogP contribution is -2.28. The summed E-state index contributed by atoms with van der Waals surface area (Å²) in [4.78, 5) is 36.7. The maximum Gasteiger partial charge on any atom is 0.255 e. The normalized spacial score (nSPS) is 14.1. The summed E-state index contributed by atoms with van der Waals surface area (Å²) in [6, 6.07) is 13.7. The van der Waals surface area contributed by atoms with Gasteiger partial charge >= 0.3 is 0 Å². The third-order valence-electron chi connectivity index (χ3n) is 3.79. The van der Waals surface area contributed by atoms with E-state index in [1.54, 1.807) is 48.5 Å². The van der Waals surface area contributed by atoms with Crippen LogP contribution in [0.4, 0.5) is 5.69 Å². The van der Waals surface area contributed by atoms with Gasteiger partial charge < -0.3 is 5.32 Å². The van der Waals surface area contributed by atoms with E-state index < -0.39 is 0 Å². The Balaban J connectivity index is 1.66. The van der Waals surface area contributed by atoms with E-state index in [-0.39, 0.29) is 37.1 Å². The minimum Gasteiger partial charge on any atom is -0.322 e. The molecule has 1 N–H and O–H groups in total. The Bertz CT molecular complexity index is 786. The number of hydrogen-bond donors (Lipinski definition) is 1. The van der Waals surface area contributed by atoms with Gasteiger partial charge in [0.25, 0.3) is 5.91 Å². The summed E-state index contributed by atoms with van der Waals surface area (Å²) < 4.78 is 0. The van der Waals surface area contributed by atoms with E-state index in [1.165, 1.54) is 4.90 Å². The van der Waals surface area contributed by atoms with Gasteiger partial charge in [0.15, 0.2) is 0 Å². The van der Waals surface area contributed by atoms with Crippen molar-refractivity contribution in [2.45, 2.75) is 19.4 Å². The Morgan fingerprint density at radius 1 is 1.04 bits per heavy atom. The number of carbonyl (C=O) groups excluding carboxylic acids is 3. The zero-order valence-corrected chi connectivity index (χ0v) is 13.5. The third-order valence-corrected chi connectivity index (χ3v) is 4.03. The molecule has 3 rings (SSSR count). The Kier molecular flexibility index (Phi) is 4.62. The van der Waals surface area contributed by atoms with Crippen LogP contribution in [0.15, 0.2) is 48.5 Å². The minimum absolute atomic E-state index is 0.150. The molecule has 0 spiro atoms. The highest BCUT2D eigenvalue weighted by atomic mass is 35.5. The van der Waals surface area contributed by atoms with Crippen molar-refractivity contribution in [3.05, 3.63) is 64.7 Å². The number of halogens is 1. The van der Waals surface area contributed by atoms with Crippen LogP contribution in [-0.2, 0) is 16.1 Å². The Morgan fingerprint density at radius 2 is 1.71 bits per heavy atom. The van der Waals surface area contributed by atoms with Gasteiger partial charge in [-0.25, -0.2) is 0 Å². The van der Waals surface area contributed by atoms with Crippen molar-refractivity contribution in [2.24, 2.45) is 0 Å². The quantitative estimate of drug-likeness (QED) is 0.867. The molecule has 1 aliphatic heterocycles. The van der Waals surface area contributed by atoms with E-state index in [0.717, 1.165) is 5.56 Å². The average molecular weight is 343 g/mol. The van der Waals surface area contributed by atoms with Crippen molar-refractivity contribution in [3.63, 3.8) is 0 Å². The molecule has 2 aromatic carbocycles. The Labute approximate surface area is 144 Å². The molecule has 0 aliphatic carbocycles. The molecule has 0 unspecified atom stereocenters. The SMILES string of the molecule is O=C(Nc1cccc(Cl)c1)c1ccc(CN2C(=O)CCC2=O)cc1. The van der Waals surface area contributed by atoms with Gasteiger partial charge in [-0.05, 0) is 35.9 Å². The van der Waals surface area contributed by atoms with Gasteiger partial charge in [-0.3, -0.25) is 19.3 Å². The van der Waals surface area contributed by atoms with Crippen LogP contribution in [-0.4, -0.2) is 22.6 Å². The smallest absolute Gasteiger partial charge is 0.255 e. The molecule has 122 valence electrons. The molecule has 1 fully saturated rings. The van der Waals surface area contributed by atoms with Crippen molar-refractivity contribution >= 4 is 35.0 Å². The number of amides is 3. The van der Waals surface area contributed by atoms with E-state index in [9.17, 15) is 14.4 Å². The fourth-order valence-corrected chi connectivity index (χ4v) is 2.70. The lowest BCUT2D eigenvalue weighted by atomic mass is 10.1. The highest BCUT2D eigenvalue weighted by molar-refractivity contribution is 6.31. The van der Waals surface area contributed by atoms with Gasteiger partial charge in [0.05, 0.1) is 6.54 Å². The first-order valence-electron chi connectivity index (χ1n) is 7.52. The number of hydrogen-bond acceptors (Lipinski definition) is 3. The van der Waals surface area contributed by atoms with E-state index in [2.05, 4.69) is 5.32 Å². The fourth-order valence-electron chi connectivity index (χ4n) is 2.51.